The summed E-state index contributed by atoms with van der Waals surface area (Å²) >= 11 is 7.83. The Labute approximate surface area is 86.6 Å². The summed E-state index contributed by atoms with van der Waals surface area (Å²) in [5, 5.41) is 0.339. The van der Waals surface area contributed by atoms with E-state index in [0.29, 0.717) is 16.3 Å². The van der Waals surface area contributed by atoms with Gasteiger partial charge in [-0.2, -0.15) is 0 Å². The second-order valence-corrected chi connectivity index (χ2v) is 3.49. The molecule has 0 spiro atoms. The van der Waals surface area contributed by atoms with Gasteiger partial charge in [-0.15, -0.1) is 0 Å². The molecule has 2 heterocycles. The van der Waals surface area contributed by atoms with Crippen molar-refractivity contribution in [2.24, 2.45) is 0 Å². The highest BCUT2D eigenvalue weighted by atomic mass is 127. The molecule has 0 N–H and O–H groups in total. The largest absolute Gasteiger partial charge is 0.234 e. The predicted molar refractivity (Wildman–Crippen MR) is 52.9 cm³/mol. The van der Waals surface area contributed by atoms with Gasteiger partial charge in [0.05, 0.1) is 6.20 Å². The van der Waals surface area contributed by atoms with Gasteiger partial charge in [-0.3, -0.25) is 0 Å². The Hall–Kier alpha value is -0.560. The van der Waals surface area contributed by atoms with Gasteiger partial charge >= 0.3 is 0 Å². The van der Waals surface area contributed by atoms with Crippen LogP contribution >= 0.6 is 34.2 Å². The Bertz CT molecular complexity index is 433. The Morgan fingerprint density at radius 3 is 2.92 bits per heavy atom. The Morgan fingerprint density at radius 2 is 2.08 bits per heavy atom. The second-order valence-electron chi connectivity index (χ2n) is 2.03. The zero-order valence-corrected chi connectivity index (χ0v) is 8.61. The van der Waals surface area contributed by atoms with Crippen LogP contribution in [0.1, 0.15) is 0 Å². The molecular weight excluding hydrogens is 290 g/mol. The maximum atomic E-state index is 5.77. The third-order valence-electron chi connectivity index (χ3n) is 1.27. The molecule has 2 aromatic heterocycles. The average Bonchev–Trinajstić information content (AvgIpc) is 2.07. The predicted octanol–water partition coefficient (Wildman–Crippen LogP) is 1.68. The van der Waals surface area contributed by atoms with Crippen molar-refractivity contribution in [1.29, 1.82) is 0 Å². The van der Waals surface area contributed by atoms with E-state index in [0.717, 1.165) is 3.70 Å². The lowest BCUT2D eigenvalue weighted by Crippen LogP contribution is -1.91. The fourth-order valence-electron chi connectivity index (χ4n) is 0.789. The monoisotopic (exact) mass is 292 g/mol. The fraction of sp³-hybridized carbons (Fsp3) is 0. The molecule has 0 bridgehead atoms. The van der Waals surface area contributed by atoms with Crippen molar-refractivity contribution in [3.63, 3.8) is 0 Å². The van der Waals surface area contributed by atoms with Crippen LogP contribution in [0, 0.1) is 3.70 Å². The number of nitrogens with zero attached hydrogens (tertiary/aromatic N) is 4. The molecule has 0 unspecified atom stereocenters. The van der Waals surface area contributed by atoms with Crippen LogP contribution in [0.4, 0.5) is 0 Å². The lowest BCUT2D eigenvalue weighted by molar-refractivity contribution is 1.13. The molecule has 0 radical (unpaired) electrons. The molecule has 0 atom stereocenters. The van der Waals surface area contributed by atoms with Gasteiger partial charge in [0.15, 0.2) is 10.8 Å². The summed E-state index contributed by atoms with van der Waals surface area (Å²) in [7, 11) is 0. The third kappa shape index (κ3) is 1.34. The molecule has 0 aliphatic carbocycles. The lowest BCUT2D eigenvalue weighted by atomic mass is 10.5. The zero-order valence-electron chi connectivity index (χ0n) is 5.70. The quantitative estimate of drug-likeness (QED) is 0.547. The minimum absolute atomic E-state index is 0.339. The van der Waals surface area contributed by atoms with Gasteiger partial charge in [-0.05, 0) is 22.6 Å². The highest BCUT2D eigenvalue weighted by molar-refractivity contribution is 14.1. The maximum absolute atomic E-state index is 5.77. The average molecular weight is 292 g/mol. The first-order valence-corrected chi connectivity index (χ1v) is 4.52. The molecule has 0 aliphatic rings. The van der Waals surface area contributed by atoms with Gasteiger partial charge in [0, 0.05) is 0 Å². The zero-order chi connectivity index (χ0) is 8.55. The lowest BCUT2D eigenvalue weighted by Gasteiger charge is -1.95. The number of rotatable bonds is 0. The number of halogens is 2. The summed E-state index contributed by atoms with van der Waals surface area (Å²) in [5.41, 5.74) is 1.07. The number of fused-ring (bicyclic) bond motifs is 1. The highest BCUT2D eigenvalue weighted by Gasteiger charge is 2.03. The molecular formula is C6H2ClIN4. The summed E-state index contributed by atoms with van der Waals surface area (Å²) in [6.45, 7) is 0. The molecule has 0 aliphatic heterocycles. The van der Waals surface area contributed by atoms with Crippen molar-refractivity contribution in [3.05, 3.63) is 21.4 Å². The van der Waals surface area contributed by atoms with Crippen LogP contribution in [-0.2, 0) is 0 Å². The van der Waals surface area contributed by atoms with Crippen molar-refractivity contribution in [2.45, 2.75) is 0 Å². The van der Waals surface area contributed by atoms with Crippen LogP contribution in [0.3, 0.4) is 0 Å². The second kappa shape index (κ2) is 3.06. The van der Waals surface area contributed by atoms with Crippen molar-refractivity contribution >= 4 is 45.4 Å². The molecule has 2 aromatic rings. The summed E-state index contributed by atoms with van der Waals surface area (Å²) < 4.78 is 0.775. The van der Waals surface area contributed by atoms with Crippen molar-refractivity contribution in [1.82, 2.24) is 19.9 Å². The molecule has 0 aromatic carbocycles. The van der Waals surface area contributed by atoms with E-state index in [1.165, 1.54) is 6.33 Å². The molecule has 6 heteroatoms. The Kier molecular flexibility index (Phi) is 2.05. The summed E-state index contributed by atoms with van der Waals surface area (Å²) in [5.74, 6) is 0. The van der Waals surface area contributed by atoms with E-state index < -0.39 is 0 Å². The normalized spacial score (nSPS) is 10.5. The number of aromatic nitrogens is 4. The first-order valence-electron chi connectivity index (χ1n) is 3.06. The van der Waals surface area contributed by atoms with Gasteiger partial charge in [0.25, 0.3) is 0 Å². The van der Waals surface area contributed by atoms with Crippen LogP contribution < -0.4 is 0 Å². The van der Waals surface area contributed by atoms with Gasteiger partial charge in [0.1, 0.15) is 15.5 Å². The van der Waals surface area contributed by atoms with E-state index in [2.05, 4.69) is 42.5 Å². The minimum atomic E-state index is 0.339. The van der Waals surface area contributed by atoms with Crippen molar-refractivity contribution in [3.8, 4) is 0 Å². The van der Waals surface area contributed by atoms with E-state index in [1.807, 2.05) is 0 Å². The standard InChI is InChI=1S/C6H2ClIN4/c7-5-4-6(11-2-10-5)9-1-3(8)12-4/h1-2H. The third-order valence-corrected chi connectivity index (χ3v) is 2.07. The van der Waals surface area contributed by atoms with Gasteiger partial charge in [0.2, 0.25) is 0 Å². The molecule has 4 nitrogen and oxygen atoms in total. The minimum Gasteiger partial charge on any atom is -0.234 e. The fourth-order valence-corrected chi connectivity index (χ4v) is 1.34. The van der Waals surface area contributed by atoms with Crippen LogP contribution in [0.2, 0.25) is 5.15 Å². The van der Waals surface area contributed by atoms with Gasteiger partial charge in [-0.25, -0.2) is 19.9 Å². The van der Waals surface area contributed by atoms with Crippen LogP contribution in [-0.4, -0.2) is 19.9 Å². The summed E-state index contributed by atoms with van der Waals surface area (Å²) in [6.07, 6.45) is 3.00. The van der Waals surface area contributed by atoms with Crippen molar-refractivity contribution < 1.29 is 0 Å². The Balaban J connectivity index is 2.88. The topological polar surface area (TPSA) is 51.6 Å². The van der Waals surface area contributed by atoms with E-state index in [-0.39, 0.29) is 0 Å². The first kappa shape index (κ1) is 8.06. The first-order chi connectivity index (χ1) is 5.77. The molecule has 2 rings (SSSR count). The number of hydrogen-bond donors (Lipinski definition) is 0. The van der Waals surface area contributed by atoms with Crippen LogP contribution in [0.15, 0.2) is 12.5 Å². The van der Waals surface area contributed by atoms with Gasteiger partial charge in [-0.1, -0.05) is 11.6 Å². The van der Waals surface area contributed by atoms with E-state index in [9.17, 15) is 0 Å². The SMILES string of the molecule is Clc1ncnc2ncc(I)nc12. The molecule has 0 saturated heterocycles. The maximum Gasteiger partial charge on any atom is 0.182 e. The summed E-state index contributed by atoms with van der Waals surface area (Å²) in [4.78, 5) is 15.9. The smallest absolute Gasteiger partial charge is 0.182 e. The van der Waals surface area contributed by atoms with E-state index in [4.69, 9.17) is 11.6 Å². The van der Waals surface area contributed by atoms with Crippen LogP contribution in [0.5, 0.6) is 0 Å². The molecule has 0 fully saturated rings. The van der Waals surface area contributed by atoms with Crippen molar-refractivity contribution in [2.75, 3.05) is 0 Å². The number of hydrogen-bond acceptors (Lipinski definition) is 4. The highest BCUT2D eigenvalue weighted by Crippen LogP contribution is 2.15. The van der Waals surface area contributed by atoms with Gasteiger partial charge < -0.3 is 0 Å². The summed E-state index contributed by atoms with van der Waals surface area (Å²) in [6, 6.07) is 0. The molecule has 60 valence electrons. The van der Waals surface area contributed by atoms with E-state index >= 15 is 0 Å². The molecule has 0 saturated carbocycles. The Morgan fingerprint density at radius 1 is 1.25 bits per heavy atom. The molecule has 12 heavy (non-hydrogen) atoms. The van der Waals surface area contributed by atoms with E-state index in [1.54, 1.807) is 6.20 Å². The molecule has 0 amide bonds. The van der Waals surface area contributed by atoms with Crippen LogP contribution in [0.25, 0.3) is 11.2 Å².